The van der Waals surface area contributed by atoms with E-state index >= 15 is 0 Å². The van der Waals surface area contributed by atoms with Crippen LogP contribution < -0.4 is 5.32 Å². The predicted octanol–water partition coefficient (Wildman–Crippen LogP) is 5.44. The molecule has 0 fully saturated rings. The molecule has 4 rings (SSSR count). The standard InChI is InChI=1S/C21H19N3O2S/c1-11-7-5-8-12(2)17(11)23-20(25)18-13(3)16-14(4)22-19(24-21(16)27-18)15-9-6-10-26-15/h5-10H,1-4H3,(H,23,25). The van der Waals surface area contributed by atoms with Crippen molar-refractivity contribution in [2.24, 2.45) is 0 Å². The summed E-state index contributed by atoms with van der Waals surface area (Å²) in [5.41, 5.74) is 4.68. The van der Waals surface area contributed by atoms with Crippen LogP contribution in [0.1, 0.15) is 32.1 Å². The van der Waals surface area contributed by atoms with Crippen molar-refractivity contribution in [3.05, 3.63) is 63.9 Å². The number of amides is 1. The fourth-order valence-electron chi connectivity index (χ4n) is 3.25. The Morgan fingerprint density at radius 3 is 2.44 bits per heavy atom. The zero-order valence-corrected chi connectivity index (χ0v) is 16.4. The van der Waals surface area contributed by atoms with Crippen LogP contribution in [0.25, 0.3) is 21.8 Å². The lowest BCUT2D eigenvalue weighted by Gasteiger charge is -2.11. The highest BCUT2D eigenvalue weighted by Gasteiger charge is 2.21. The predicted molar refractivity (Wildman–Crippen MR) is 108 cm³/mol. The number of para-hydroxylation sites is 1. The minimum Gasteiger partial charge on any atom is -0.461 e. The molecule has 5 nitrogen and oxygen atoms in total. The van der Waals surface area contributed by atoms with E-state index in [1.54, 1.807) is 12.3 Å². The lowest BCUT2D eigenvalue weighted by Crippen LogP contribution is -2.13. The highest BCUT2D eigenvalue weighted by atomic mass is 32.1. The van der Waals surface area contributed by atoms with Gasteiger partial charge in [-0.3, -0.25) is 4.79 Å². The van der Waals surface area contributed by atoms with Gasteiger partial charge in [-0.05, 0) is 56.5 Å². The van der Waals surface area contributed by atoms with Crippen molar-refractivity contribution in [3.8, 4) is 11.6 Å². The molecule has 1 amide bonds. The molecule has 0 aliphatic heterocycles. The third kappa shape index (κ3) is 3.02. The maximum absolute atomic E-state index is 13.0. The second-order valence-electron chi connectivity index (χ2n) is 6.57. The zero-order chi connectivity index (χ0) is 19.1. The van der Waals surface area contributed by atoms with Gasteiger partial charge >= 0.3 is 0 Å². The van der Waals surface area contributed by atoms with Gasteiger partial charge in [-0.2, -0.15) is 0 Å². The van der Waals surface area contributed by atoms with Gasteiger partial charge in [0.2, 0.25) is 0 Å². The maximum atomic E-state index is 13.0. The molecule has 0 spiro atoms. The lowest BCUT2D eigenvalue weighted by atomic mass is 10.1. The van der Waals surface area contributed by atoms with E-state index in [4.69, 9.17) is 4.42 Å². The first-order valence-electron chi connectivity index (χ1n) is 8.65. The lowest BCUT2D eigenvalue weighted by molar-refractivity contribution is 0.103. The Balaban J connectivity index is 1.77. The van der Waals surface area contributed by atoms with E-state index in [0.717, 1.165) is 38.3 Å². The Hall–Kier alpha value is -2.99. The summed E-state index contributed by atoms with van der Waals surface area (Å²) in [7, 11) is 0. The number of carbonyl (C=O) groups excluding carboxylic acids is 1. The molecular formula is C21H19N3O2S. The average Bonchev–Trinajstić information content (AvgIpc) is 3.26. The van der Waals surface area contributed by atoms with Crippen LogP contribution in [-0.2, 0) is 0 Å². The molecule has 4 aromatic rings. The van der Waals surface area contributed by atoms with Crippen LogP contribution in [-0.4, -0.2) is 15.9 Å². The van der Waals surface area contributed by atoms with E-state index in [9.17, 15) is 4.79 Å². The molecule has 0 aliphatic carbocycles. The van der Waals surface area contributed by atoms with Crippen molar-refractivity contribution >= 4 is 33.1 Å². The Labute approximate surface area is 161 Å². The smallest absolute Gasteiger partial charge is 0.266 e. The molecule has 3 aromatic heterocycles. The fraction of sp³-hybridized carbons (Fsp3) is 0.190. The van der Waals surface area contributed by atoms with Gasteiger partial charge < -0.3 is 9.73 Å². The second kappa shape index (κ2) is 6.63. The summed E-state index contributed by atoms with van der Waals surface area (Å²) in [6.45, 7) is 7.86. The minimum atomic E-state index is -0.119. The van der Waals surface area contributed by atoms with E-state index in [-0.39, 0.29) is 5.91 Å². The fourth-order valence-corrected chi connectivity index (χ4v) is 4.38. The van der Waals surface area contributed by atoms with Crippen molar-refractivity contribution < 1.29 is 9.21 Å². The van der Waals surface area contributed by atoms with Crippen LogP contribution in [0, 0.1) is 27.7 Å². The maximum Gasteiger partial charge on any atom is 0.266 e. The number of anilines is 1. The van der Waals surface area contributed by atoms with Gasteiger partial charge in [0.05, 0.1) is 16.8 Å². The first kappa shape index (κ1) is 17.4. The Bertz CT molecular complexity index is 1140. The summed E-state index contributed by atoms with van der Waals surface area (Å²) in [5.74, 6) is 1.03. The number of fused-ring (bicyclic) bond motifs is 1. The summed E-state index contributed by atoms with van der Waals surface area (Å²) in [5, 5.41) is 4.00. The van der Waals surface area contributed by atoms with E-state index in [2.05, 4.69) is 15.3 Å². The van der Waals surface area contributed by atoms with Crippen molar-refractivity contribution in [1.29, 1.82) is 0 Å². The second-order valence-corrected chi connectivity index (χ2v) is 7.57. The van der Waals surface area contributed by atoms with Crippen molar-refractivity contribution in [2.75, 3.05) is 5.32 Å². The molecule has 136 valence electrons. The molecule has 0 unspecified atom stereocenters. The number of carbonyl (C=O) groups is 1. The van der Waals surface area contributed by atoms with E-state index in [1.807, 2.05) is 52.0 Å². The topological polar surface area (TPSA) is 68.0 Å². The quantitative estimate of drug-likeness (QED) is 0.516. The van der Waals surface area contributed by atoms with Gasteiger partial charge in [0.15, 0.2) is 11.6 Å². The third-order valence-corrected chi connectivity index (χ3v) is 5.82. The van der Waals surface area contributed by atoms with Crippen molar-refractivity contribution in [2.45, 2.75) is 27.7 Å². The van der Waals surface area contributed by atoms with Gasteiger partial charge in [-0.15, -0.1) is 11.3 Å². The largest absolute Gasteiger partial charge is 0.461 e. The summed E-state index contributed by atoms with van der Waals surface area (Å²) in [6, 6.07) is 9.61. The Morgan fingerprint density at radius 2 is 1.78 bits per heavy atom. The number of hydrogen-bond acceptors (Lipinski definition) is 5. The average molecular weight is 377 g/mol. The van der Waals surface area contributed by atoms with Crippen molar-refractivity contribution in [3.63, 3.8) is 0 Å². The van der Waals surface area contributed by atoms with E-state index < -0.39 is 0 Å². The molecule has 0 aliphatic rings. The highest BCUT2D eigenvalue weighted by molar-refractivity contribution is 7.20. The van der Waals surface area contributed by atoms with Crippen LogP contribution in [0.15, 0.2) is 41.0 Å². The third-order valence-electron chi connectivity index (χ3n) is 4.64. The first-order chi connectivity index (χ1) is 13.0. The van der Waals surface area contributed by atoms with E-state index in [0.29, 0.717) is 16.5 Å². The number of aryl methyl sites for hydroxylation is 4. The van der Waals surface area contributed by atoms with Gasteiger partial charge in [0, 0.05) is 11.1 Å². The SMILES string of the molecule is Cc1cccc(C)c1NC(=O)c1sc2nc(-c3ccco3)nc(C)c2c1C. The van der Waals surface area contributed by atoms with Crippen LogP contribution in [0.2, 0.25) is 0 Å². The summed E-state index contributed by atoms with van der Waals surface area (Å²) >= 11 is 1.38. The monoisotopic (exact) mass is 377 g/mol. The molecular weight excluding hydrogens is 358 g/mol. The molecule has 1 N–H and O–H groups in total. The molecule has 6 heteroatoms. The molecule has 0 atom stereocenters. The molecule has 1 aromatic carbocycles. The number of hydrogen-bond donors (Lipinski definition) is 1. The van der Waals surface area contributed by atoms with Crippen LogP contribution >= 0.6 is 11.3 Å². The summed E-state index contributed by atoms with van der Waals surface area (Å²) in [6.07, 6.45) is 1.60. The minimum absolute atomic E-state index is 0.119. The van der Waals surface area contributed by atoms with Crippen LogP contribution in [0.3, 0.4) is 0 Å². The van der Waals surface area contributed by atoms with E-state index in [1.165, 1.54) is 11.3 Å². The highest BCUT2D eigenvalue weighted by Crippen LogP contribution is 2.33. The Morgan fingerprint density at radius 1 is 1.04 bits per heavy atom. The number of nitrogens with one attached hydrogen (secondary N) is 1. The zero-order valence-electron chi connectivity index (χ0n) is 15.6. The number of furan rings is 1. The summed E-state index contributed by atoms with van der Waals surface area (Å²) < 4.78 is 5.41. The number of rotatable bonds is 3. The Kier molecular flexibility index (Phi) is 4.28. The molecule has 0 radical (unpaired) electrons. The van der Waals surface area contributed by atoms with Crippen LogP contribution in [0.5, 0.6) is 0 Å². The number of benzene rings is 1. The van der Waals surface area contributed by atoms with Crippen LogP contribution in [0.4, 0.5) is 5.69 Å². The molecule has 0 saturated heterocycles. The number of nitrogens with zero attached hydrogens (tertiary/aromatic N) is 2. The number of thiophene rings is 1. The van der Waals surface area contributed by atoms with Crippen molar-refractivity contribution in [1.82, 2.24) is 9.97 Å². The van der Waals surface area contributed by atoms with Gasteiger partial charge in [0.1, 0.15) is 4.83 Å². The first-order valence-corrected chi connectivity index (χ1v) is 9.46. The van der Waals surface area contributed by atoms with Gasteiger partial charge in [0.25, 0.3) is 5.91 Å². The molecule has 0 bridgehead atoms. The number of aromatic nitrogens is 2. The van der Waals surface area contributed by atoms with Gasteiger partial charge in [-0.25, -0.2) is 9.97 Å². The summed E-state index contributed by atoms with van der Waals surface area (Å²) in [4.78, 5) is 23.6. The van der Waals surface area contributed by atoms with Gasteiger partial charge in [-0.1, -0.05) is 18.2 Å². The normalized spacial score (nSPS) is 11.1. The molecule has 27 heavy (non-hydrogen) atoms. The molecule has 3 heterocycles. The molecule has 0 saturated carbocycles.